The van der Waals surface area contributed by atoms with E-state index < -0.39 is 0 Å². The van der Waals surface area contributed by atoms with E-state index in [1.807, 2.05) is 0 Å². The van der Waals surface area contributed by atoms with E-state index in [0.29, 0.717) is 0 Å². The number of fused-ring (bicyclic) bond motifs is 7. The second-order valence-electron chi connectivity index (χ2n) is 14.9. The van der Waals surface area contributed by atoms with Crippen LogP contribution in [0.5, 0.6) is 0 Å². The second-order valence-corrected chi connectivity index (χ2v) is 14.9. The van der Waals surface area contributed by atoms with Crippen molar-refractivity contribution >= 4 is 65.0 Å². The number of para-hydroxylation sites is 1. The molecule has 1 heteroatoms. The van der Waals surface area contributed by atoms with E-state index >= 15 is 0 Å². The minimum absolute atomic E-state index is 0.0600. The van der Waals surface area contributed by atoms with Crippen LogP contribution in [-0.2, 0) is 5.41 Å². The summed E-state index contributed by atoms with van der Waals surface area (Å²) in [6.45, 7) is 6.83. The predicted octanol–water partition coefficient (Wildman–Crippen LogP) is 14.5. The molecule has 0 radical (unpaired) electrons. The van der Waals surface area contributed by atoms with Crippen LogP contribution < -0.4 is 0 Å². The molecule has 0 saturated heterocycles. The monoisotopic (exact) mass is 652 g/mol. The topological polar surface area (TPSA) is 13.1 Å². The first-order valence-corrected chi connectivity index (χ1v) is 17.8. The van der Waals surface area contributed by atoms with Gasteiger partial charge < -0.3 is 4.42 Å². The maximum atomic E-state index is 6.77. The Bertz CT molecular complexity index is 2940. The SMILES string of the molecule is CC(C)(C)c1ccc2cccc(-c3cccc4c3oc3ccc(-c5c6ccccc6c(-c6cccc7ccccc67)c6ccccc56)cc34)c2c1. The number of hydrogen-bond donors (Lipinski definition) is 0. The highest BCUT2D eigenvalue weighted by atomic mass is 16.3. The van der Waals surface area contributed by atoms with Crippen LogP contribution in [0.1, 0.15) is 26.3 Å². The van der Waals surface area contributed by atoms with E-state index in [-0.39, 0.29) is 5.41 Å². The Labute approximate surface area is 297 Å². The largest absolute Gasteiger partial charge is 0.455 e. The van der Waals surface area contributed by atoms with Crippen LogP contribution in [0.4, 0.5) is 0 Å². The minimum Gasteiger partial charge on any atom is -0.455 e. The molecule has 0 bridgehead atoms. The molecule has 0 aliphatic carbocycles. The van der Waals surface area contributed by atoms with Crippen LogP contribution in [0.2, 0.25) is 0 Å². The molecule has 1 aromatic heterocycles. The average molecular weight is 653 g/mol. The zero-order valence-electron chi connectivity index (χ0n) is 29.0. The standard InChI is InChI=1S/C50H36O/c1-50(2,3)34-27-25-32-15-10-21-36(44(32)30-34)42-23-12-24-43-45-29-33(26-28-46(45)51-49(42)43)47-38-17-6-8-19-40(38)48(41-20-9-7-18-39(41)47)37-22-11-14-31-13-4-5-16-35(31)37/h4-30H,1-3H3. The quantitative estimate of drug-likeness (QED) is 0.173. The Hall–Kier alpha value is -6.18. The number of rotatable bonds is 3. The molecule has 0 unspecified atom stereocenters. The van der Waals surface area contributed by atoms with Crippen LogP contribution in [0.3, 0.4) is 0 Å². The molecule has 0 fully saturated rings. The van der Waals surface area contributed by atoms with Gasteiger partial charge in [-0.2, -0.15) is 0 Å². The van der Waals surface area contributed by atoms with E-state index in [4.69, 9.17) is 4.42 Å². The van der Waals surface area contributed by atoms with Crippen molar-refractivity contribution in [2.75, 3.05) is 0 Å². The minimum atomic E-state index is 0.0600. The van der Waals surface area contributed by atoms with Crippen LogP contribution in [0, 0.1) is 0 Å². The van der Waals surface area contributed by atoms with E-state index in [0.717, 1.165) is 27.5 Å². The predicted molar refractivity (Wildman–Crippen MR) is 219 cm³/mol. The lowest BCUT2D eigenvalue weighted by molar-refractivity contribution is 0.591. The Balaban J connectivity index is 1.22. The van der Waals surface area contributed by atoms with Crippen LogP contribution in [-0.4, -0.2) is 0 Å². The molecular formula is C50H36O. The van der Waals surface area contributed by atoms with Gasteiger partial charge in [-0.3, -0.25) is 0 Å². The van der Waals surface area contributed by atoms with Crippen molar-refractivity contribution in [3.63, 3.8) is 0 Å². The van der Waals surface area contributed by atoms with Crippen molar-refractivity contribution < 1.29 is 4.42 Å². The summed E-state index contributed by atoms with van der Waals surface area (Å²) >= 11 is 0. The van der Waals surface area contributed by atoms with E-state index in [2.05, 4.69) is 185 Å². The number of benzene rings is 9. The summed E-state index contributed by atoms with van der Waals surface area (Å²) in [6, 6.07) is 60.0. The van der Waals surface area contributed by atoms with Crippen molar-refractivity contribution in [3.8, 4) is 33.4 Å². The fourth-order valence-electron chi connectivity index (χ4n) is 8.31. The molecule has 9 aromatic carbocycles. The third kappa shape index (κ3) is 4.62. The van der Waals surface area contributed by atoms with Gasteiger partial charge in [0.25, 0.3) is 0 Å². The van der Waals surface area contributed by atoms with Crippen LogP contribution in [0.15, 0.2) is 168 Å². The van der Waals surface area contributed by atoms with Gasteiger partial charge >= 0.3 is 0 Å². The van der Waals surface area contributed by atoms with Gasteiger partial charge in [0.05, 0.1) is 0 Å². The number of hydrogen-bond acceptors (Lipinski definition) is 1. The fourth-order valence-corrected chi connectivity index (χ4v) is 8.31. The summed E-state index contributed by atoms with van der Waals surface area (Å²) in [4.78, 5) is 0. The molecule has 0 aliphatic rings. The van der Waals surface area contributed by atoms with Gasteiger partial charge in [-0.15, -0.1) is 0 Å². The molecule has 0 aliphatic heterocycles. The summed E-state index contributed by atoms with van der Waals surface area (Å²) < 4.78 is 6.77. The van der Waals surface area contributed by atoms with Crippen molar-refractivity contribution in [1.82, 2.24) is 0 Å². The van der Waals surface area contributed by atoms with Crippen molar-refractivity contribution in [1.29, 1.82) is 0 Å². The smallest absolute Gasteiger partial charge is 0.143 e. The molecule has 0 saturated carbocycles. The van der Waals surface area contributed by atoms with E-state index in [1.165, 1.54) is 76.5 Å². The van der Waals surface area contributed by atoms with Crippen molar-refractivity contribution in [2.45, 2.75) is 26.2 Å². The van der Waals surface area contributed by atoms with Gasteiger partial charge in [0.15, 0.2) is 0 Å². The van der Waals surface area contributed by atoms with Gasteiger partial charge in [0.2, 0.25) is 0 Å². The molecule has 10 rings (SSSR count). The summed E-state index contributed by atoms with van der Waals surface area (Å²) in [7, 11) is 0. The first kappa shape index (κ1) is 29.7. The zero-order chi connectivity index (χ0) is 34.3. The Kier molecular flexibility index (Phi) is 6.51. The lowest BCUT2D eigenvalue weighted by Crippen LogP contribution is -2.10. The molecule has 1 nitrogen and oxygen atoms in total. The van der Waals surface area contributed by atoms with Crippen molar-refractivity contribution in [3.05, 3.63) is 169 Å². The molecule has 0 N–H and O–H groups in total. The lowest BCUT2D eigenvalue weighted by Gasteiger charge is -2.20. The molecule has 0 atom stereocenters. The Morgan fingerprint density at radius 3 is 1.63 bits per heavy atom. The number of furan rings is 1. The maximum Gasteiger partial charge on any atom is 0.143 e. The molecule has 1 heterocycles. The van der Waals surface area contributed by atoms with Gasteiger partial charge in [0.1, 0.15) is 11.2 Å². The van der Waals surface area contributed by atoms with Gasteiger partial charge in [-0.1, -0.05) is 166 Å². The average Bonchev–Trinajstić information content (AvgIpc) is 3.54. The Morgan fingerprint density at radius 2 is 0.922 bits per heavy atom. The first-order valence-electron chi connectivity index (χ1n) is 17.8. The Morgan fingerprint density at radius 1 is 0.373 bits per heavy atom. The summed E-state index contributed by atoms with van der Waals surface area (Å²) in [6.07, 6.45) is 0. The third-order valence-corrected chi connectivity index (χ3v) is 10.8. The summed E-state index contributed by atoms with van der Waals surface area (Å²) in [5, 5.41) is 12.3. The molecule has 242 valence electrons. The third-order valence-electron chi connectivity index (χ3n) is 10.8. The van der Waals surface area contributed by atoms with Gasteiger partial charge in [0, 0.05) is 16.3 Å². The molecular weight excluding hydrogens is 617 g/mol. The molecule has 0 amide bonds. The highest BCUT2D eigenvalue weighted by molar-refractivity contribution is 6.24. The van der Waals surface area contributed by atoms with Crippen LogP contribution in [0.25, 0.3) is 98.4 Å². The molecule has 10 aromatic rings. The highest BCUT2D eigenvalue weighted by Gasteiger charge is 2.21. The zero-order valence-corrected chi connectivity index (χ0v) is 29.0. The van der Waals surface area contributed by atoms with Gasteiger partial charge in [-0.25, -0.2) is 0 Å². The maximum absolute atomic E-state index is 6.77. The lowest BCUT2D eigenvalue weighted by atomic mass is 9.84. The normalized spacial score (nSPS) is 12.2. The fraction of sp³-hybridized carbons (Fsp3) is 0.0800. The van der Waals surface area contributed by atoms with E-state index in [1.54, 1.807) is 0 Å². The van der Waals surface area contributed by atoms with Gasteiger partial charge in [-0.05, 0) is 100 Å². The summed E-state index contributed by atoms with van der Waals surface area (Å²) in [5.41, 5.74) is 10.5. The van der Waals surface area contributed by atoms with E-state index in [9.17, 15) is 0 Å². The molecule has 0 spiro atoms. The summed E-state index contributed by atoms with van der Waals surface area (Å²) in [5.74, 6) is 0. The first-order chi connectivity index (χ1) is 24.9. The molecule has 51 heavy (non-hydrogen) atoms. The van der Waals surface area contributed by atoms with Crippen molar-refractivity contribution in [2.24, 2.45) is 0 Å². The second kappa shape index (κ2) is 11.2. The highest BCUT2D eigenvalue weighted by Crippen LogP contribution is 2.47. The van der Waals surface area contributed by atoms with Crippen LogP contribution >= 0.6 is 0 Å².